The van der Waals surface area contributed by atoms with Gasteiger partial charge in [0.25, 0.3) is 0 Å². The number of aliphatic hydroxyl groups is 1. The zero-order chi connectivity index (χ0) is 19.6. The molecule has 0 bridgehead atoms. The minimum Gasteiger partial charge on any atom is -0.491 e. The van der Waals surface area contributed by atoms with Crippen LogP contribution >= 0.6 is 0 Å². The Bertz CT molecular complexity index is 777. The third-order valence-electron chi connectivity index (χ3n) is 3.53. The normalized spacial score (nSPS) is 10.1. The minimum absolute atomic E-state index is 0.0641. The number of hydrogen-bond donors (Lipinski definition) is 1. The SMILES string of the molecule is C=C(C)C(=O)OCCOc1ccc(C(=O)c2ccc(OCCO)cc2)cc1. The monoisotopic (exact) mass is 370 g/mol. The molecule has 0 aromatic heterocycles. The fourth-order valence-electron chi connectivity index (χ4n) is 2.15. The van der Waals surface area contributed by atoms with E-state index in [9.17, 15) is 9.59 Å². The molecular weight excluding hydrogens is 348 g/mol. The Morgan fingerprint density at radius 2 is 1.33 bits per heavy atom. The maximum absolute atomic E-state index is 12.5. The summed E-state index contributed by atoms with van der Waals surface area (Å²) in [5.74, 6) is 0.598. The van der Waals surface area contributed by atoms with E-state index in [-0.39, 0.29) is 32.2 Å². The van der Waals surface area contributed by atoms with Crippen LogP contribution in [0, 0.1) is 0 Å². The average Bonchev–Trinajstić information content (AvgIpc) is 2.69. The first-order chi connectivity index (χ1) is 13.0. The van der Waals surface area contributed by atoms with E-state index in [0.717, 1.165) is 0 Å². The molecule has 0 aliphatic heterocycles. The van der Waals surface area contributed by atoms with Gasteiger partial charge in [-0.1, -0.05) is 6.58 Å². The molecule has 0 unspecified atom stereocenters. The summed E-state index contributed by atoms with van der Waals surface area (Å²) in [7, 11) is 0. The number of aliphatic hydroxyl groups excluding tert-OH is 1. The Morgan fingerprint density at radius 3 is 1.78 bits per heavy atom. The molecular formula is C21H22O6. The van der Waals surface area contributed by atoms with E-state index in [1.54, 1.807) is 55.5 Å². The molecule has 0 amide bonds. The first-order valence-corrected chi connectivity index (χ1v) is 8.45. The molecule has 27 heavy (non-hydrogen) atoms. The van der Waals surface area contributed by atoms with Gasteiger partial charge in [-0.3, -0.25) is 4.79 Å². The molecule has 6 heteroatoms. The molecule has 0 radical (unpaired) electrons. The second-order valence-electron chi connectivity index (χ2n) is 5.71. The molecule has 0 aliphatic rings. The van der Waals surface area contributed by atoms with E-state index in [0.29, 0.717) is 28.2 Å². The fraction of sp³-hybridized carbons (Fsp3) is 0.238. The van der Waals surface area contributed by atoms with Crippen molar-refractivity contribution in [1.82, 2.24) is 0 Å². The molecule has 142 valence electrons. The molecule has 0 heterocycles. The van der Waals surface area contributed by atoms with E-state index >= 15 is 0 Å². The molecule has 0 spiro atoms. The highest BCUT2D eigenvalue weighted by molar-refractivity contribution is 6.09. The first-order valence-electron chi connectivity index (χ1n) is 8.45. The molecule has 0 fully saturated rings. The summed E-state index contributed by atoms with van der Waals surface area (Å²) < 4.78 is 15.7. The molecule has 1 N–H and O–H groups in total. The molecule has 2 rings (SSSR count). The molecule has 0 atom stereocenters. The second kappa shape index (κ2) is 10.1. The van der Waals surface area contributed by atoms with Crippen molar-refractivity contribution >= 4 is 11.8 Å². The van der Waals surface area contributed by atoms with Gasteiger partial charge in [0.15, 0.2) is 5.78 Å². The van der Waals surface area contributed by atoms with Crippen molar-refractivity contribution in [2.45, 2.75) is 6.92 Å². The van der Waals surface area contributed by atoms with Crippen molar-refractivity contribution in [3.05, 3.63) is 71.8 Å². The minimum atomic E-state index is -0.452. The summed E-state index contributed by atoms with van der Waals surface area (Å²) in [6.45, 7) is 5.55. The van der Waals surface area contributed by atoms with E-state index in [1.165, 1.54) is 0 Å². The van der Waals surface area contributed by atoms with Crippen LogP contribution in [0.5, 0.6) is 11.5 Å². The van der Waals surface area contributed by atoms with E-state index in [2.05, 4.69) is 6.58 Å². The topological polar surface area (TPSA) is 82.1 Å². The lowest BCUT2D eigenvalue weighted by Gasteiger charge is -2.08. The zero-order valence-electron chi connectivity index (χ0n) is 15.1. The largest absolute Gasteiger partial charge is 0.491 e. The Labute approximate surface area is 158 Å². The van der Waals surface area contributed by atoms with Gasteiger partial charge in [-0.15, -0.1) is 0 Å². The third-order valence-corrected chi connectivity index (χ3v) is 3.53. The van der Waals surface area contributed by atoms with E-state index < -0.39 is 5.97 Å². The highest BCUT2D eigenvalue weighted by Crippen LogP contribution is 2.18. The van der Waals surface area contributed by atoms with Crippen LogP contribution in [0.15, 0.2) is 60.7 Å². The predicted molar refractivity (Wildman–Crippen MR) is 100 cm³/mol. The Kier molecular flexibility index (Phi) is 7.58. The maximum Gasteiger partial charge on any atom is 0.333 e. The summed E-state index contributed by atoms with van der Waals surface area (Å²) in [6, 6.07) is 13.4. The summed E-state index contributed by atoms with van der Waals surface area (Å²) in [5, 5.41) is 8.74. The van der Waals surface area contributed by atoms with Crippen LogP contribution in [0.3, 0.4) is 0 Å². The molecule has 0 saturated heterocycles. The number of hydrogen-bond acceptors (Lipinski definition) is 6. The quantitative estimate of drug-likeness (QED) is 0.300. The number of carbonyl (C=O) groups excluding carboxylic acids is 2. The van der Waals surface area contributed by atoms with Gasteiger partial charge in [0.1, 0.15) is 31.3 Å². The molecule has 2 aromatic carbocycles. The Morgan fingerprint density at radius 1 is 0.852 bits per heavy atom. The van der Waals surface area contributed by atoms with Gasteiger partial charge < -0.3 is 19.3 Å². The zero-order valence-corrected chi connectivity index (χ0v) is 15.1. The standard InChI is InChI=1S/C21H22O6/c1-15(2)21(24)27-14-13-26-19-9-5-17(6-10-19)20(23)16-3-7-18(8-4-16)25-12-11-22/h3-10,22H,1,11-14H2,2H3. The lowest BCUT2D eigenvalue weighted by atomic mass is 10.0. The van der Waals surface area contributed by atoms with Crippen molar-refractivity contribution in [1.29, 1.82) is 0 Å². The van der Waals surface area contributed by atoms with Gasteiger partial charge in [-0.05, 0) is 55.5 Å². The van der Waals surface area contributed by atoms with Crippen molar-refractivity contribution in [3.63, 3.8) is 0 Å². The Balaban J connectivity index is 1.87. The van der Waals surface area contributed by atoms with Crippen LogP contribution < -0.4 is 9.47 Å². The number of ketones is 1. The van der Waals surface area contributed by atoms with Crippen LogP contribution in [0.1, 0.15) is 22.8 Å². The van der Waals surface area contributed by atoms with Crippen LogP contribution in [-0.4, -0.2) is 43.3 Å². The van der Waals surface area contributed by atoms with Gasteiger partial charge in [0.05, 0.1) is 6.61 Å². The highest BCUT2D eigenvalue weighted by atomic mass is 16.6. The van der Waals surface area contributed by atoms with Crippen LogP contribution in [0.2, 0.25) is 0 Å². The number of ether oxygens (including phenoxy) is 3. The van der Waals surface area contributed by atoms with E-state index in [4.69, 9.17) is 19.3 Å². The molecule has 0 saturated carbocycles. The lowest BCUT2D eigenvalue weighted by Crippen LogP contribution is -2.12. The van der Waals surface area contributed by atoms with Crippen molar-refractivity contribution in [2.24, 2.45) is 0 Å². The second-order valence-corrected chi connectivity index (χ2v) is 5.71. The van der Waals surface area contributed by atoms with Gasteiger partial charge in [-0.2, -0.15) is 0 Å². The number of carbonyl (C=O) groups is 2. The van der Waals surface area contributed by atoms with Crippen molar-refractivity contribution in [2.75, 3.05) is 26.4 Å². The van der Waals surface area contributed by atoms with Crippen LogP contribution in [0.25, 0.3) is 0 Å². The highest BCUT2D eigenvalue weighted by Gasteiger charge is 2.09. The summed E-state index contributed by atoms with van der Waals surface area (Å²) >= 11 is 0. The smallest absolute Gasteiger partial charge is 0.333 e. The van der Waals surface area contributed by atoms with Crippen LogP contribution in [0.4, 0.5) is 0 Å². The summed E-state index contributed by atoms with van der Waals surface area (Å²) in [5.41, 5.74) is 1.40. The predicted octanol–water partition coefficient (Wildman–Crippen LogP) is 2.79. The Hall–Kier alpha value is -3.12. The number of benzene rings is 2. The van der Waals surface area contributed by atoms with E-state index in [1.807, 2.05) is 0 Å². The summed E-state index contributed by atoms with van der Waals surface area (Å²) in [4.78, 5) is 23.7. The molecule has 6 nitrogen and oxygen atoms in total. The van der Waals surface area contributed by atoms with Gasteiger partial charge in [0, 0.05) is 16.7 Å². The molecule has 0 aliphatic carbocycles. The maximum atomic E-state index is 12.5. The van der Waals surface area contributed by atoms with Crippen LogP contribution in [-0.2, 0) is 9.53 Å². The third kappa shape index (κ3) is 6.27. The van der Waals surface area contributed by atoms with Gasteiger partial charge in [-0.25, -0.2) is 4.79 Å². The number of rotatable bonds is 10. The number of esters is 1. The molecule has 2 aromatic rings. The summed E-state index contributed by atoms with van der Waals surface area (Å²) in [6.07, 6.45) is 0. The van der Waals surface area contributed by atoms with Gasteiger partial charge in [0.2, 0.25) is 0 Å². The average molecular weight is 370 g/mol. The van der Waals surface area contributed by atoms with Crippen molar-refractivity contribution in [3.8, 4) is 11.5 Å². The van der Waals surface area contributed by atoms with Gasteiger partial charge >= 0.3 is 5.97 Å². The fourth-order valence-corrected chi connectivity index (χ4v) is 2.15. The first kappa shape index (κ1) is 20.2. The van der Waals surface area contributed by atoms with Crippen molar-refractivity contribution < 1.29 is 28.9 Å². The lowest BCUT2D eigenvalue weighted by molar-refractivity contribution is -0.139.